The molecule has 0 radical (unpaired) electrons. The molecule has 1 N–H and O–H groups in total. The molecule has 0 saturated carbocycles. The molecule has 0 spiro atoms. The quantitative estimate of drug-likeness (QED) is 0.0490. The highest BCUT2D eigenvalue weighted by molar-refractivity contribution is 5.70. The second-order valence-electron chi connectivity index (χ2n) is 18.0. The summed E-state index contributed by atoms with van der Waals surface area (Å²) in [6, 6.07) is 0. The molecule has 0 saturated heterocycles. The van der Waals surface area contributed by atoms with Crippen LogP contribution < -0.4 is 0 Å². The van der Waals surface area contributed by atoms with Crippen LogP contribution in [0.25, 0.3) is 0 Å². The molecule has 1 atom stereocenters. The number of hydrogen-bond donors (Lipinski definition) is 1. The smallest absolute Gasteiger partial charge is 0.306 e. The fourth-order valence-electron chi connectivity index (χ4n) is 8.21. The first-order chi connectivity index (χ1) is 28.1. The van der Waals surface area contributed by atoms with E-state index in [4.69, 9.17) is 9.47 Å². The molecule has 0 rings (SSSR count). The SMILES string of the molecule is CCCCCCCCCCCCCCCCCCCCCCCCCCCCCCCCCCCCCCCCC(=O)OC(CO)COC(=O)CCCCCCC. The fourth-order valence-corrected chi connectivity index (χ4v) is 8.21. The summed E-state index contributed by atoms with van der Waals surface area (Å²) in [5.74, 6) is -0.589. The Balaban J connectivity index is 3.25. The normalized spacial score (nSPS) is 12.0. The maximum absolute atomic E-state index is 12.1. The van der Waals surface area contributed by atoms with E-state index in [0.717, 1.165) is 38.5 Å². The number of aliphatic hydroxyl groups excluding tert-OH is 1. The monoisotopic (exact) mass is 807 g/mol. The van der Waals surface area contributed by atoms with E-state index in [1.165, 1.54) is 238 Å². The van der Waals surface area contributed by atoms with E-state index in [2.05, 4.69) is 13.8 Å². The Morgan fingerprint density at radius 3 is 0.772 bits per heavy atom. The molecule has 0 aromatic carbocycles. The standard InChI is InChI=1S/C52H102O5/c1-3-5-7-9-10-11-12-13-14-15-16-17-18-19-20-21-22-23-24-25-26-27-28-29-30-31-32-33-34-35-36-37-38-39-40-41-43-45-47-52(55)57-50(48-53)49-56-51(54)46-44-42-8-6-4-2/h50,53H,3-49H2,1-2H3. The predicted molar refractivity (Wildman–Crippen MR) is 247 cm³/mol. The summed E-state index contributed by atoms with van der Waals surface area (Å²) in [5.41, 5.74) is 0. The topological polar surface area (TPSA) is 72.8 Å². The van der Waals surface area contributed by atoms with E-state index in [0.29, 0.717) is 12.8 Å². The van der Waals surface area contributed by atoms with E-state index < -0.39 is 6.10 Å². The molecule has 0 amide bonds. The summed E-state index contributed by atoms with van der Waals surface area (Å²) >= 11 is 0. The van der Waals surface area contributed by atoms with Gasteiger partial charge in [0.2, 0.25) is 0 Å². The second kappa shape index (κ2) is 49.3. The van der Waals surface area contributed by atoms with Crippen molar-refractivity contribution in [2.24, 2.45) is 0 Å². The number of hydrogen-bond acceptors (Lipinski definition) is 5. The van der Waals surface area contributed by atoms with Crippen molar-refractivity contribution in [3.8, 4) is 0 Å². The zero-order valence-corrected chi connectivity index (χ0v) is 38.9. The van der Waals surface area contributed by atoms with Crippen LogP contribution in [0.3, 0.4) is 0 Å². The van der Waals surface area contributed by atoms with Crippen molar-refractivity contribution >= 4 is 11.9 Å². The second-order valence-corrected chi connectivity index (χ2v) is 18.0. The largest absolute Gasteiger partial charge is 0.462 e. The zero-order chi connectivity index (χ0) is 41.4. The molecule has 0 fully saturated rings. The molecule has 0 bridgehead atoms. The molecule has 0 aliphatic rings. The Hall–Kier alpha value is -1.10. The summed E-state index contributed by atoms with van der Waals surface area (Å²) in [6.07, 6.45) is 58.6. The van der Waals surface area contributed by atoms with Gasteiger partial charge in [0.25, 0.3) is 0 Å². The lowest BCUT2D eigenvalue weighted by atomic mass is 10.0. The lowest BCUT2D eigenvalue weighted by molar-refractivity contribution is -0.161. The molecule has 0 heterocycles. The number of carbonyl (C=O) groups excluding carboxylic acids is 2. The van der Waals surface area contributed by atoms with Crippen molar-refractivity contribution in [2.45, 2.75) is 309 Å². The molecule has 340 valence electrons. The van der Waals surface area contributed by atoms with E-state index in [1.807, 2.05) is 0 Å². The highest BCUT2D eigenvalue weighted by atomic mass is 16.6. The molecule has 0 aromatic heterocycles. The number of carbonyl (C=O) groups is 2. The fraction of sp³-hybridized carbons (Fsp3) is 0.962. The number of esters is 2. The van der Waals surface area contributed by atoms with Crippen molar-refractivity contribution in [1.82, 2.24) is 0 Å². The summed E-state index contributed by atoms with van der Waals surface area (Å²) in [5, 5.41) is 9.50. The minimum atomic E-state index is -0.760. The average Bonchev–Trinajstić information content (AvgIpc) is 3.21. The number of unbranched alkanes of at least 4 members (excludes halogenated alkanes) is 41. The Morgan fingerprint density at radius 1 is 0.333 bits per heavy atom. The zero-order valence-electron chi connectivity index (χ0n) is 38.9. The number of rotatable bonds is 49. The van der Waals surface area contributed by atoms with E-state index in [-0.39, 0.29) is 25.2 Å². The van der Waals surface area contributed by atoms with Crippen LogP contribution in [-0.2, 0) is 19.1 Å². The summed E-state index contributed by atoms with van der Waals surface area (Å²) in [4.78, 5) is 24.0. The van der Waals surface area contributed by atoms with Gasteiger partial charge in [0.1, 0.15) is 6.61 Å². The minimum Gasteiger partial charge on any atom is -0.462 e. The first kappa shape index (κ1) is 55.9. The molecular weight excluding hydrogens is 705 g/mol. The van der Waals surface area contributed by atoms with Crippen LogP contribution in [0.2, 0.25) is 0 Å². The van der Waals surface area contributed by atoms with Gasteiger partial charge in [-0.15, -0.1) is 0 Å². The van der Waals surface area contributed by atoms with Gasteiger partial charge < -0.3 is 14.6 Å². The molecular formula is C52H102O5. The molecule has 0 aromatic rings. The molecule has 0 aliphatic heterocycles. The Kier molecular flexibility index (Phi) is 48.3. The van der Waals surface area contributed by atoms with Gasteiger partial charge in [0, 0.05) is 12.8 Å². The lowest BCUT2D eigenvalue weighted by Crippen LogP contribution is -2.28. The van der Waals surface area contributed by atoms with Crippen molar-refractivity contribution < 1.29 is 24.2 Å². The molecule has 5 heteroatoms. The highest BCUT2D eigenvalue weighted by Gasteiger charge is 2.16. The Morgan fingerprint density at radius 2 is 0.544 bits per heavy atom. The van der Waals surface area contributed by atoms with Crippen molar-refractivity contribution in [3.05, 3.63) is 0 Å². The van der Waals surface area contributed by atoms with Gasteiger partial charge in [0.05, 0.1) is 6.61 Å². The highest BCUT2D eigenvalue weighted by Crippen LogP contribution is 2.18. The van der Waals surface area contributed by atoms with Crippen LogP contribution >= 0.6 is 0 Å². The van der Waals surface area contributed by atoms with Crippen LogP contribution in [0.15, 0.2) is 0 Å². The van der Waals surface area contributed by atoms with Gasteiger partial charge in [-0.05, 0) is 12.8 Å². The maximum Gasteiger partial charge on any atom is 0.306 e. The first-order valence-electron chi connectivity index (χ1n) is 26.1. The number of aliphatic hydroxyl groups is 1. The third-order valence-corrected chi connectivity index (χ3v) is 12.2. The van der Waals surface area contributed by atoms with E-state index in [9.17, 15) is 14.7 Å². The molecule has 1 unspecified atom stereocenters. The third-order valence-electron chi connectivity index (χ3n) is 12.2. The summed E-state index contributed by atoms with van der Waals surface area (Å²) < 4.78 is 10.5. The Bertz CT molecular complexity index is 784. The van der Waals surface area contributed by atoms with Crippen molar-refractivity contribution in [2.75, 3.05) is 13.2 Å². The van der Waals surface area contributed by atoms with Gasteiger partial charge in [-0.3, -0.25) is 9.59 Å². The van der Waals surface area contributed by atoms with E-state index >= 15 is 0 Å². The van der Waals surface area contributed by atoms with Crippen molar-refractivity contribution in [1.29, 1.82) is 0 Å². The third kappa shape index (κ3) is 47.5. The summed E-state index contributed by atoms with van der Waals surface area (Å²) in [7, 11) is 0. The lowest BCUT2D eigenvalue weighted by Gasteiger charge is -2.15. The first-order valence-corrected chi connectivity index (χ1v) is 26.1. The van der Waals surface area contributed by atoms with Crippen molar-refractivity contribution in [3.63, 3.8) is 0 Å². The van der Waals surface area contributed by atoms with Crippen LogP contribution in [0, 0.1) is 0 Å². The molecule has 57 heavy (non-hydrogen) atoms. The minimum absolute atomic E-state index is 0.0597. The van der Waals surface area contributed by atoms with Gasteiger partial charge in [-0.25, -0.2) is 0 Å². The van der Waals surface area contributed by atoms with Gasteiger partial charge >= 0.3 is 11.9 Å². The summed E-state index contributed by atoms with van der Waals surface area (Å²) in [6.45, 7) is 4.08. The van der Waals surface area contributed by atoms with Crippen LogP contribution in [0.4, 0.5) is 0 Å². The van der Waals surface area contributed by atoms with Gasteiger partial charge in [-0.1, -0.05) is 277 Å². The van der Waals surface area contributed by atoms with Crippen LogP contribution in [0.1, 0.15) is 303 Å². The van der Waals surface area contributed by atoms with Crippen LogP contribution in [-0.4, -0.2) is 36.4 Å². The molecule has 0 aliphatic carbocycles. The molecule has 5 nitrogen and oxygen atoms in total. The number of ether oxygens (including phenoxy) is 2. The predicted octanol–water partition coefficient (Wildman–Crippen LogP) is 17.0. The van der Waals surface area contributed by atoms with Crippen LogP contribution in [0.5, 0.6) is 0 Å². The van der Waals surface area contributed by atoms with Gasteiger partial charge in [-0.2, -0.15) is 0 Å². The maximum atomic E-state index is 12.1. The van der Waals surface area contributed by atoms with Gasteiger partial charge in [0.15, 0.2) is 6.10 Å². The Labute approximate surface area is 357 Å². The average molecular weight is 807 g/mol. The van der Waals surface area contributed by atoms with E-state index in [1.54, 1.807) is 0 Å².